The van der Waals surface area contributed by atoms with E-state index in [0.717, 1.165) is 11.3 Å². The quantitative estimate of drug-likeness (QED) is 0.653. The summed E-state index contributed by atoms with van der Waals surface area (Å²) in [5.74, 6) is -1.72. The molecule has 0 saturated carbocycles. The second kappa shape index (κ2) is 6.10. The van der Waals surface area contributed by atoms with E-state index in [-0.39, 0.29) is 28.7 Å². The highest BCUT2D eigenvalue weighted by Crippen LogP contribution is 2.23. The Kier molecular flexibility index (Phi) is 4.78. The Hall–Kier alpha value is -1.96. The van der Waals surface area contributed by atoms with Gasteiger partial charge in [0.2, 0.25) is 5.91 Å². The number of hydrogen-bond acceptors (Lipinski definition) is 6. The van der Waals surface area contributed by atoms with E-state index in [1.807, 2.05) is 0 Å². The molecule has 0 saturated heterocycles. The molecular weight excluding hydrogens is 258 g/mol. The zero-order valence-electron chi connectivity index (χ0n) is 9.94. The van der Waals surface area contributed by atoms with Crippen molar-refractivity contribution in [3.63, 3.8) is 0 Å². The van der Waals surface area contributed by atoms with Crippen molar-refractivity contribution >= 4 is 34.1 Å². The summed E-state index contributed by atoms with van der Waals surface area (Å²) in [4.78, 5) is 37.0. The zero-order chi connectivity index (χ0) is 13.7. The molecule has 1 amide bonds. The highest BCUT2D eigenvalue weighted by atomic mass is 32.1. The number of carboxylic acids is 1. The SMILES string of the molecule is CNC(=O)CCNc1nc(C(=O)O)c(C(C)=O)s1. The van der Waals surface area contributed by atoms with E-state index in [1.54, 1.807) is 0 Å². The number of Topliss-reactive ketones (excluding diaryl/α,β-unsaturated/α-hetero) is 1. The average molecular weight is 271 g/mol. The van der Waals surface area contributed by atoms with Crippen molar-refractivity contribution < 1.29 is 19.5 Å². The van der Waals surface area contributed by atoms with Gasteiger partial charge < -0.3 is 15.7 Å². The number of amides is 1. The van der Waals surface area contributed by atoms with Crippen LogP contribution in [0.1, 0.15) is 33.5 Å². The molecule has 18 heavy (non-hydrogen) atoms. The van der Waals surface area contributed by atoms with E-state index in [1.165, 1.54) is 14.0 Å². The van der Waals surface area contributed by atoms with E-state index >= 15 is 0 Å². The Labute approximate surface area is 107 Å². The maximum atomic E-state index is 11.2. The molecule has 0 unspecified atom stereocenters. The lowest BCUT2D eigenvalue weighted by Crippen LogP contribution is -2.20. The minimum absolute atomic E-state index is 0.102. The number of nitrogens with one attached hydrogen (secondary N) is 2. The summed E-state index contributed by atoms with van der Waals surface area (Å²) in [5, 5.41) is 14.5. The second-order valence-corrected chi connectivity index (χ2v) is 4.41. The van der Waals surface area contributed by atoms with Crippen LogP contribution in [-0.4, -0.2) is 41.3 Å². The fourth-order valence-corrected chi connectivity index (χ4v) is 2.07. The topological polar surface area (TPSA) is 108 Å². The Morgan fingerprint density at radius 2 is 2.06 bits per heavy atom. The number of carbonyl (C=O) groups is 3. The number of ketones is 1. The van der Waals surface area contributed by atoms with Crippen LogP contribution >= 0.6 is 11.3 Å². The maximum Gasteiger partial charge on any atom is 0.356 e. The van der Waals surface area contributed by atoms with Crippen molar-refractivity contribution in [1.82, 2.24) is 10.3 Å². The van der Waals surface area contributed by atoms with Crippen LogP contribution < -0.4 is 10.6 Å². The summed E-state index contributed by atoms with van der Waals surface area (Å²) in [6.07, 6.45) is 0.244. The minimum atomic E-state index is -1.24. The molecule has 98 valence electrons. The number of hydrogen-bond donors (Lipinski definition) is 3. The van der Waals surface area contributed by atoms with Crippen LogP contribution in [0.5, 0.6) is 0 Å². The van der Waals surface area contributed by atoms with Gasteiger partial charge in [-0.25, -0.2) is 9.78 Å². The molecule has 0 radical (unpaired) electrons. The summed E-state index contributed by atoms with van der Waals surface area (Å²) in [7, 11) is 1.53. The lowest BCUT2D eigenvalue weighted by Gasteiger charge is -2.00. The first-order valence-corrected chi connectivity index (χ1v) is 5.97. The first kappa shape index (κ1) is 14.1. The molecule has 0 aromatic carbocycles. The lowest BCUT2D eigenvalue weighted by molar-refractivity contribution is -0.120. The Morgan fingerprint density at radius 1 is 1.39 bits per heavy atom. The number of nitrogens with zero attached hydrogens (tertiary/aromatic N) is 1. The van der Waals surface area contributed by atoms with Crippen molar-refractivity contribution in [2.45, 2.75) is 13.3 Å². The summed E-state index contributed by atoms with van der Waals surface area (Å²) >= 11 is 0.971. The molecule has 3 N–H and O–H groups in total. The largest absolute Gasteiger partial charge is 0.476 e. The summed E-state index contributed by atoms with van der Waals surface area (Å²) < 4.78 is 0. The van der Waals surface area contributed by atoms with Crippen molar-refractivity contribution in [2.75, 3.05) is 18.9 Å². The lowest BCUT2D eigenvalue weighted by atomic mass is 10.3. The van der Waals surface area contributed by atoms with Crippen LogP contribution in [0.3, 0.4) is 0 Å². The van der Waals surface area contributed by atoms with E-state index in [2.05, 4.69) is 15.6 Å². The van der Waals surface area contributed by atoms with Gasteiger partial charge in [0.1, 0.15) is 4.88 Å². The minimum Gasteiger partial charge on any atom is -0.476 e. The van der Waals surface area contributed by atoms with Crippen LogP contribution in [0.25, 0.3) is 0 Å². The molecule has 0 bridgehead atoms. The molecule has 0 atom stereocenters. The first-order chi connectivity index (χ1) is 8.45. The molecule has 0 aliphatic rings. The number of aromatic nitrogens is 1. The molecule has 1 aromatic rings. The van der Waals surface area contributed by atoms with E-state index in [0.29, 0.717) is 11.7 Å². The summed E-state index contributed by atoms with van der Waals surface area (Å²) in [6, 6.07) is 0. The van der Waals surface area contributed by atoms with Gasteiger partial charge in [-0.3, -0.25) is 9.59 Å². The zero-order valence-corrected chi connectivity index (χ0v) is 10.8. The molecule has 8 heteroatoms. The maximum absolute atomic E-state index is 11.2. The number of rotatable bonds is 6. The molecule has 1 aromatic heterocycles. The average Bonchev–Trinajstić information content (AvgIpc) is 2.73. The van der Waals surface area contributed by atoms with Crippen LogP contribution in [0.2, 0.25) is 0 Å². The standard InChI is InChI=1S/C10H13N3O4S/c1-5(14)8-7(9(16)17)13-10(18-8)12-4-3-6(15)11-2/h3-4H2,1-2H3,(H,11,15)(H,12,13)(H,16,17). The highest BCUT2D eigenvalue weighted by Gasteiger charge is 2.20. The number of aromatic carboxylic acids is 1. The van der Waals surface area contributed by atoms with Crippen molar-refractivity contribution in [3.05, 3.63) is 10.6 Å². The second-order valence-electron chi connectivity index (χ2n) is 3.41. The summed E-state index contributed by atoms with van der Waals surface area (Å²) in [5.41, 5.74) is -0.255. The van der Waals surface area contributed by atoms with Gasteiger partial charge in [-0.1, -0.05) is 11.3 Å². The predicted molar refractivity (Wildman–Crippen MR) is 66.3 cm³/mol. The van der Waals surface area contributed by atoms with Gasteiger partial charge in [0.25, 0.3) is 0 Å². The molecular formula is C10H13N3O4S. The number of thiazole rings is 1. The van der Waals surface area contributed by atoms with Gasteiger partial charge in [0.05, 0.1) is 0 Å². The molecule has 1 heterocycles. The van der Waals surface area contributed by atoms with Crippen LogP contribution in [0.4, 0.5) is 5.13 Å². The first-order valence-electron chi connectivity index (χ1n) is 5.15. The van der Waals surface area contributed by atoms with E-state index in [4.69, 9.17) is 5.11 Å². The smallest absolute Gasteiger partial charge is 0.356 e. The van der Waals surface area contributed by atoms with Gasteiger partial charge in [0.15, 0.2) is 16.6 Å². The molecule has 0 aliphatic heterocycles. The highest BCUT2D eigenvalue weighted by molar-refractivity contribution is 7.17. The predicted octanol–water partition coefficient (Wildman–Crippen LogP) is 0.592. The van der Waals surface area contributed by atoms with Gasteiger partial charge in [-0.15, -0.1) is 0 Å². The third kappa shape index (κ3) is 3.52. The molecule has 0 spiro atoms. The van der Waals surface area contributed by atoms with Crippen LogP contribution in [0, 0.1) is 0 Å². The molecule has 0 aliphatic carbocycles. The van der Waals surface area contributed by atoms with Crippen LogP contribution in [-0.2, 0) is 4.79 Å². The normalized spacial score (nSPS) is 9.89. The number of anilines is 1. The Bertz CT molecular complexity index is 452. The van der Waals surface area contributed by atoms with Gasteiger partial charge in [-0.05, 0) is 0 Å². The van der Waals surface area contributed by atoms with Crippen molar-refractivity contribution in [3.8, 4) is 0 Å². The van der Waals surface area contributed by atoms with E-state index in [9.17, 15) is 14.4 Å². The monoisotopic (exact) mass is 271 g/mol. The fraction of sp³-hybridized carbons (Fsp3) is 0.400. The van der Waals surface area contributed by atoms with Crippen molar-refractivity contribution in [1.29, 1.82) is 0 Å². The van der Waals surface area contributed by atoms with Gasteiger partial charge >= 0.3 is 5.97 Å². The fourth-order valence-electron chi connectivity index (χ4n) is 1.19. The molecule has 0 fully saturated rings. The molecule has 7 nitrogen and oxygen atoms in total. The van der Waals surface area contributed by atoms with Crippen molar-refractivity contribution in [2.24, 2.45) is 0 Å². The Balaban J connectivity index is 2.73. The van der Waals surface area contributed by atoms with E-state index < -0.39 is 5.97 Å². The molecule has 1 rings (SSSR count). The third-order valence-corrected chi connectivity index (χ3v) is 3.17. The number of carbonyl (C=O) groups excluding carboxylic acids is 2. The Morgan fingerprint density at radius 3 is 2.50 bits per heavy atom. The number of carboxylic acid groups (broad SMARTS) is 1. The van der Waals surface area contributed by atoms with Gasteiger partial charge in [0, 0.05) is 26.9 Å². The summed E-state index contributed by atoms with van der Waals surface area (Å²) in [6.45, 7) is 1.61. The third-order valence-electron chi connectivity index (χ3n) is 2.06. The van der Waals surface area contributed by atoms with Gasteiger partial charge in [-0.2, -0.15) is 0 Å². The van der Waals surface area contributed by atoms with Crippen LogP contribution in [0.15, 0.2) is 0 Å².